The maximum atomic E-state index is 11.0. The Labute approximate surface area is 99.0 Å². The van der Waals surface area contributed by atoms with Crippen LogP contribution in [-0.4, -0.2) is 16.2 Å². The standard InChI is InChI=1S/C14H12O3/c1-9-12(6-3-7-13(9)14(16)17)10-4-2-5-11(15)8-10/h2-8,15H,1H3,(H,16,17). The van der Waals surface area contributed by atoms with Crippen LogP contribution in [0.15, 0.2) is 42.5 Å². The fourth-order valence-corrected chi connectivity index (χ4v) is 1.85. The molecular formula is C14H12O3. The second kappa shape index (κ2) is 4.29. The van der Waals surface area contributed by atoms with E-state index in [1.807, 2.05) is 12.1 Å². The van der Waals surface area contributed by atoms with Crippen LogP contribution in [0.1, 0.15) is 15.9 Å². The molecule has 0 saturated carbocycles. The van der Waals surface area contributed by atoms with Crippen LogP contribution in [0.2, 0.25) is 0 Å². The first-order valence-corrected chi connectivity index (χ1v) is 5.22. The topological polar surface area (TPSA) is 57.5 Å². The van der Waals surface area contributed by atoms with Crippen molar-refractivity contribution in [3.8, 4) is 16.9 Å². The SMILES string of the molecule is Cc1c(C(=O)O)cccc1-c1cccc(O)c1. The van der Waals surface area contributed by atoms with Gasteiger partial charge in [0.25, 0.3) is 0 Å². The third-order valence-corrected chi connectivity index (χ3v) is 2.72. The Morgan fingerprint density at radius 3 is 2.47 bits per heavy atom. The molecule has 0 fully saturated rings. The molecule has 0 aromatic heterocycles. The molecule has 0 bridgehead atoms. The predicted molar refractivity (Wildman–Crippen MR) is 65.2 cm³/mol. The first-order chi connectivity index (χ1) is 8.09. The number of benzene rings is 2. The molecule has 0 aliphatic heterocycles. The van der Waals surface area contributed by atoms with Gasteiger partial charge in [-0.05, 0) is 41.8 Å². The molecule has 0 heterocycles. The molecule has 0 amide bonds. The molecule has 0 saturated heterocycles. The van der Waals surface area contributed by atoms with E-state index in [4.69, 9.17) is 5.11 Å². The summed E-state index contributed by atoms with van der Waals surface area (Å²) >= 11 is 0. The Kier molecular flexibility index (Phi) is 2.83. The van der Waals surface area contributed by atoms with Gasteiger partial charge in [-0.1, -0.05) is 24.3 Å². The zero-order valence-electron chi connectivity index (χ0n) is 9.34. The normalized spacial score (nSPS) is 10.2. The summed E-state index contributed by atoms with van der Waals surface area (Å²) in [5.74, 6) is -0.771. The molecule has 3 nitrogen and oxygen atoms in total. The van der Waals surface area contributed by atoms with Gasteiger partial charge >= 0.3 is 5.97 Å². The largest absolute Gasteiger partial charge is 0.508 e. The molecule has 2 rings (SSSR count). The number of aromatic carboxylic acids is 1. The molecule has 0 radical (unpaired) electrons. The third-order valence-electron chi connectivity index (χ3n) is 2.72. The average molecular weight is 228 g/mol. The number of carboxylic acid groups (broad SMARTS) is 1. The number of rotatable bonds is 2. The highest BCUT2D eigenvalue weighted by atomic mass is 16.4. The van der Waals surface area contributed by atoms with Gasteiger partial charge in [-0.25, -0.2) is 4.79 Å². The van der Waals surface area contributed by atoms with Crippen molar-refractivity contribution in [1.29, 1.82) is 0 Å². The van der Waals surface area contributed by atoms with Gasteiger partial charge in [-0.3, -0.25) is 0 Å². The van der Waals surface area contributed by atoms with E-state index < -0.39 is 5.97 Å². The van der Waals surface area contributed by atoms with Crippen molar-refractivity contribution >= 4 is 5.97 Å². The van der Waals surface area contributed by atoms with Crippen molar-refractivity contribution in [2.75, 3.05) is 0 Å². The average Bonchev–Trinajstić information content (AvgIpc) is 2.29. The Hall–Kier alpha value is -2.29. The maximum absolute atomic E-state index is 11.0. The van der Waals surface area contributed by atoms with Gasteiger partial charge in [0.1, 0.15) is 5.75 Å². The summed E-state index contributed by atoms with van der Waals surface area (Å²) in [7, 11) is 0. The first-order valence-electron chi connectivity index (χ1n) is 5.22. The van der Waals surface area contributed by atoms with Crippen molar-refractivity contribution in [2.45, 2.75) is 6.92 Å². The van der Waals surface area contributed by atoms with E-state index >= 15 is 0 Å². The molecule has 0 aliphatic rings. The lowest BCUT2D eigenvalue weighted by Gasteiger charge is -2.09. The predicted octanol–water partition coefficient (Wildman–Crippen LogP) is 3.07. The molecule has 2 aromatic carbocycles. The number of hydrogen-bond donors (Lipinski definition) is 2. The molecular weight excluding hydrogens is 216 g/mol. The van der Waals surface area contributed by atoms with E-state index in [1.54, 1.807) is 37.3 Å². The van der Waals surface area contributed by atoms with Crippen LogP contribution in [0.4, 0.5) is 0 Å². The number of phenols is 1. The van der Waals surface area contributed by atoms with Gasteiger partial charge < -0.3 is 10.2 Å². The minimum absolute atomic E-state index is 0.169. The van der Waals surface area contributed by atoms with E-state index in [0.29, 0.717) is 5.56 Å². The lowest BCUT2D eigenvalue weighted by atomic mass is 9.96. The smallest absolute Gasteiger partial charge is 0.335 e. The van der Waals surface area contributed by atoms with E-state index in [-0.39, 0.29) is 11.3 Å². The van der Waals surface area contributed by atoms with E-state index in [9.17, 15) is 9.90 Å². The van der Waals surface area contributed by atoms with Crippen LogP contribution < -0.4 is 0 Å². The van der Waals surface area contributed by atoms with E-state index in [1.165, 1.54) is 0 Å². The molecule has 2 aromatic rings. The summed E-state index contributed by atoms with van der Waals surface area (Å²) in [6.07, 6.45) is 0. The zero-order valence-corrected chi connectivity index (χ0v) is 9.34. The number of carbonyl (C=O) groups is 1. The summed E-state index contributed by atoms with van der Waals surface area (Å²) in [4.78, 5) is 11.0. The molecule has 2 N–H and O–H groups in total. The summed E-state index contributed by atoms with van der Waals surface area (Å²) in [6.45, 7) is 1.77. The molecule has 3 heteroatoms. The van der Waals surface area contributed by atoms with Crippen molar-refractivity contribution in [3.05, 3.63) is 53.6 Å². The lowest BCUT2D eigenvalue weighted by molar-refractivity contribution is 0.0696. The highest BCUT2D eigenvalue weighted by Crippen LogP contribution is 2.27. The molecule has 17 heavy (non-hydrogen) atoms. The van der Waals surface area contributed by atoms with Crippen molar-refractivity contribution in [2.24, 2.45) is 0 Å². The fourth-order valence-electron chi connectivity index (χ4n) is 1.85. The second-order valence-electron chi connectivity index (χ2n) is 3.83. The summed E-state index contributed by atoms with van der Waals surface area (Å²) in [5.41, 5.74) is 2.61. The van der Waals surface area contributed by atoms with Crippen LogP contribution >= 0.6 is 0 Å². The van der Waals surface area contributed by atoms with Crippen LogP contribution in [0.5, 0.6) is 5.75 Å². The van der Waals surface area contributed by atoms with Crippen molar-refractivity contribution in [3.63, 3.8) is 0 Å². The van der Waals surface area contributed by atoms with Gasteiger partial charge in [-0.2, -0.15) is 0 Å². The lowest BCUT2D eigenvalue weighted by Crippen LogP contribution is -2.00. The van der Waals surface area contributed by atoms with Crippen LogP contribution in [0.3, 0.4) is 0 Å². The van der Waals surface area contributed by atoms with Gasteiger partial charge in [0.05, 0.1) is 5.56 Å². The molecule has 0 unspecified atom stereocenters. The highest BCUT2D eigenvalue weighted by molar-refractivity contribution is 5.92. The minimum Gasteiger partial charge on any atom is -0.508 e. The number of hydrogen-bond acceptors (Lipinski definition) is 2. The van der Waals surface area contributed by atoms with Gasteiger partial charge in [-0.15, -0.1) is 0 Å². The van der Waals surface area contributed by atoms with Gasteiger partial charge in [0, 0.05) is 0 Å². The second-order valence-corrected chi connectivity index (χ2v) is 3.83. The molecule has 0 spiro atoms. The summed E-state index contributed by atoms with van der Waals surface area (Å²) in [5, 5.41) is 18.5. The maximum Gasteiger partial charge on any atom is 0.335 e. The van der Waals surface area contributed by atoms with Crippen LogP contribution in [0.25, 0.3) is 11.1 Å². The molecule has 0 aliphatic carbocycles. The third kappa shape index (κ3) is 2.13. The quantitative estimate of drug-likeness (QED) is 0.830. The molecule has 86 valence electrons. The number of phenolic OH excluding ortho intramolecular Hbond substituents is 1. The Balaban J connectivity index is 2.60. The Morgan fingerprint density at radius 2 is 1.82 bits per heavy atom. The first kappa shape index (κ1) is 11.2. The number of carboxylic acids is 1. The Morgan fingerprint density at radius 1 is 1.12 bits per heavy atom. The number of aromatic hydroxyl groups is 1. The van der Waals surface area contributed by atoms with E-state index in [2.05, 4.69) is 0 Å². The summed E-state index contributed by atoms with van der Waals surface area (Å²) in [6, 6.07) is 11.9. The van der Waals surface area contributed by atoms with Crippen LogP contribution in [0, 0.1) is 6.92 Å². The zero-order chi connectivity index (χ0) is 12.4. The highest BCUT2D eigenvalue weighted by Gasteiger charge is 2.11. The summed E-state index contributed by atoms with van der Waals surface area (Å²) < 4.78 is 0. The molecule has 0 atom stereocenters. The van der Waals surface area contributed by atoms with Crippen molar-refractivity contribution < 1.29 is 15.0 Å². The van der Waals surface area contributed by atoms with E-state index in [0.717, 1.165) is 11.1 Å². The van der Waals surface area contributed by atoms with Gasteiger partial charge in [0.15, 0.2) is 0 Å². The van der Waals surface area contributed by atoms with Crippen LogP contribution in [-0.2, 0) is 0 Å². The Bertz CT molecular complexity index is 573. The monoisotopic (exact) mass is 228 g/mol. The fraction of sp³-hybridized carbons (Fsp3) is 0.0714. The van der Waals surface area contributed by atoms with Crippen molar-refractivity contribution in [1.82, 2.24) is 0 Å². The van der Waals surface area contributed by atoms with Gasteiger partial charge in [0.2, 0.25) is 0 Å². The minimum atomic E-state index is -0.940.